The number of hydrogen-bond donors (Lipinski definition) is 2. The van der Waals surface area contributed by atoms with Crippen LogP contribution in [0.4, 0.5) is 10.1 Å². The van der Waals surface area contributed by atoms with Crippen LogP contribution < -0.4 is 10.1 Å². The zero-order valence-corrected chi connectivity index (χ0v) is 11.7. The maximum absolute atomic E-state index is 13.3. The molecule has 0 spiro atoms. The fourth-order valence-corrected chi connectivity index (χ4v) is 2.56. The fourth-order valence-electron chi connectivity index (χ4n) is 2.56. The Morgan fingerprint density at radius 1 is 1.14 bits per heavy atom. The Kier molecular flexibility index (Phi) is 3.04. The van der Waals surface area contributed by atoms with Gasteiger partial charge in [0.05, 0.1) is 12.2 Å². The van der Waals surface area contributed by atoms with Crippen molar-refractivity contribution in [2.24, 2.45) is 0 Å². The molecule has 22 heavy (non-hydrogen) atoms. The average Bonchev–Trinajstić information content (AvgIpc) is 3.04. The van der Waals surface area contributed by atoms with E-state index in [0.29, 0.717) is 12.4 Å². The second-order valence-electron chi connectivity index (χ2n) is 5.17. The molecule has 110 valence electrons. The van der Waals surface area contributed by atoms with Gasteiger partial charge in [-0.1, -0.05) is 24.3 Å². The number of aromatic amines is 1. The van der Waals surface area contributed by atoms with E-state index in [2.05, 4.69) is 15.3 Å². The van der Waals surface area contributed by atoms with Crippen molar-refractivity contribution in [3.63, 3.8) is 0 Å². The fraction of sp³-hybridized carbons (Fsp3) is 0.118. The van der Waals surface area contributed by atoms with Crippen LogP contribution in [0.25, 0.3) is 11.4 Å². The summed E-state index contributed by atoms with van der Waals surface area (Å²) in [7, 11) is 0. The topological polar surface area (TPSA) is 49.9 Å². The predicted molar refractivity (Wildman–Crippen MR) is 82.3 cm³/mol. The van der Waals surface area contributed by atoms with Crippen LogP contribution in [0.15, 0.2) is 54.7 Å². The molecule has 2 N–H and O–H groups in total. The van der Waals surface area contributed by atoms with Gasteiger partial charge in [-0.05, 0) is 24.3 Å². The number of H-pyrrole nitrogens is 1. The zero-order valence-electron chi connectivity index (χ0n) is 11.7. The van der Waals surface area contributed by atoms with Crippen molar-refractivity contribution >= 4 is 5.69 Å². The molecule has 0 fully saturated rings. The van der Waals surface area contributed by atoms with Gasteiger partial charge >= 0.3 is 0 Å². The Hall–Kier alpha value is -2.82. The summed E-state index contributed by atoms with van der Waals surface area (Å²) < 4.78 is 19.3. The van der Waals surface area contributed by atoms with Crippen molar-refractivity contribution < 1.29 is 9.13 Å². The molecule has 0 radical (unpaired) electrons. The van der Waals surface area contributed by atoms with Crippen LogP contribution in [0.3, 0.4) is 0 Å². The zero-order chi connectivity index (χ0) is 14.9. The van der Waals surface area contributed by atoms with E-state index in [1.165, 1.54) is 12.1 Å². The number of halogens is 1. The summed E-state index contributed by atoms with van der Waals surface area (Å²) >= 11 is 0. The minimum absolute atomic E-state index is 0.173. The summed E-state index contributed by atoms with van der Waals surface area (Å²) in [6.07, 6.45) is 1.63. The van der Waals surface area contributed by atoms with Gasteiger partial charge in [-0.3, -0.25) is 0 Å². The molecule has 1 aromatic heterocycles. The maximum atomic E-state index is 13.3. The van der Waals surface area contributed by atoms with Crippen molar-refractivity contribution in [1.82, 2.24) is 9.97 Å². The number of anilines is 1. The van der Waals surface area contributed by atoms with Crippen molar-refractivity contribution in [3.05, 3.63) is 66.2 Å². The van der Waals surface area contributed by atoms with E-state index in [9.17, 15) is 4.39 Å². The molecule has 1 unspecified atom stereocenters. The molecule has 4 nitrogen and oxygen atoms in total. The lowest BCUT2D eigenvalue weighted by atomic mass is 10.2. The van der Waals surface area contributed by atoms with Crippen LogP contribution in [0.1, 0.15) is 11.8 Å². The standard InChI is InChI=1S/C17H14FN3O/c18-12-5-3-4-11(8-12)17-20-9-14(21-17)16-10-19-13-6-1-2-7-15(13)22-16/h1-9,16,19H,10H2,(H,20,21). The number of fused-ring (bicyclic) bond motifs is 1. The SMILES string of the molecule is Fc1cccc(-c2nc(C3CNc4ccccc4O3)c[nH]2)c1. The summed E-state index contributed by atoms with van der Waals surface area (Å²) in [5.74, 6) is 1.17. The first-order chi connectivity index (χ1) is 10.8. The average molecular weight is 295 g/mol. The molecular weight excluding hydrogens is 281 g/mol. The number of rotatable bonds is 2. The Morgan fingerprint density at radius 2 is 2.05 bits per heavy atom. The number of nitrogens with one attached hydrogen (secondary N) is 2. The second kappa shape index (κ2) is 5.18. The van der Waals surface area contributed by atoms with Gasteiger partial charge in [0.15, 0.2) is 6.10 Å². The minimum Gasteiger partial charge on any atom is -0.480 e. The van der Waals surface area contributed by atoms with Gasteiger partial charge in [0.1, 0.15) is 23.1 Å². The van der Waals surface area contributed by atoms with Crippen molar-refractivity contribution in [3.8, 4) is 17.1 Å². The van der Waals surface area contributed by atoms with E-state index in [1.54, 1.807) is 12.3 Å². The van der Waals surface area contributed by atoms with Crippen molar-refractivity contribution in [2.45, 2.75) is 6.10 Å². The molecule has 3 aromatic rings. The molecule has 0 bridgehead atoms. The minimum atomic E-state index is -0.278. The van der Waals surface area contributed by atoms with Crippen LogP contribution in [-0.2, 0) is 0 Å². The Bertz CT molecular complexity index is 815. The van der Waals surface area contributed by atoms with E-state index in [4.69, 9.17) is 4.74 Å². The van der Waals surface area contributed by atoms with E-state index in [1.807, 2.05) is 30.3 Å². The van der Waals surface area contributed by atoms with Gasteiger partial charge in [-0.25, -0.2) is 9.37 Å². The molecule has 2 aromatic carbocycles. The van der Waals surface area contributed by atoms with Crippen LogP contribution in [0.2, 0.25) is 0 Å². The lowest BCUT2D eigenvalue weighted by Gasteiger charge is -2.26. The first kappa shape index (κ1) is 12.9. The molecule has 0 amide bonds. The second-order valence-corrected chi connectivity index (χ2v) is 5.17. The highest BCUT2D eigenvalue weighted by molar-refractivity contribution is 5.58. The van der Waals surface area contributed by atoms with Crippen LogP contribution in [0.5, 0.6) is 5.75 Å². The van der Waals surface area contributed by atoms with Gasteiger partial charge in [0.25, 0.3) is 0 Å². The summed E-state index contributed by atoms with van der Waals surface area (Å²) in [5, 5.41) is 3.33. The predicted octanol–water partition coefficient (Wildman–Crippen LogP) is 3.76. The lowest BCUT2D eigenvalue weighted by Crippen LogP contribution is -2.23. The quantitative estimate of drug-likeness (QED) is 0.757. The maximum Gasteiger partial charge on any atom is 0.159 e. The third-order valence-electron chi connectivity index (χ3n) is 3.66. The van der Waals surface area contributed by atoms with E-state index >= 15 is 0 Å². The van der Waals surface area contributed by atoms with Gasteiger partial charge in [0.2, 0.25) is 0 Å². The van der Waals surface area contributed by atoms with Crippen LogP contribution in [0, 0.1) is 5.82 Å². The van der Waals surface area contributed by atoms with E-state index < -0.39 is 0 Å². The normalized spacial score (nSPS) is 16.5. The van der Waals surface area contributed by atoms with Gasteiger partial charge < -0.3 is 15.0 Å². The summed E-state index contributed by atoms with van der Waals surface area (Å²) in [5.41, 5.74) is 2.50. The number of nitrogens with zero attached hydrogens (tertiary/aromatic N) is 1. The molecule has 5 heteroatoms. The largest absolute Gasteiger partial charge is 0.480 e. The highest BCUT2D eigenvalue weighted by Crippen LogP contribution is 2.33. The molecule has 2 heterocycles. The smallest absolute Gasteiger partial charge is 0.159 e. The Labute approximate surface area is 127 Å². The number of hydrogen-bond acceptors (Lipinski definition) is 3. The van der Waals surface area contributed by atoms with Crippen LogP contribution >= 0.6 is 0 Å². The van der Waals surface area contributed by atoms with Gasteiger partial charge in [-0.2, -0.15) is 0 Å². The molecule has 0 saturated carbocycles. The number of aromatic nitrogens is 2. The van der Waals surface area contributed by atoms with Crippen LogP contribution in [-0.4, -0.2) is 16.5 Å². The highest BCUT2D eigenvalue weighted by Gasteiger charge is 2.22. The third-order valence-corrected chi connectivity index (χ3v) is 3.66. The number of imidazole rings is 1. The van der Waals surface area contributed by atoms with E-state index in [0.717, 1.165) is 22.7 Å². The lowest BCUT2D eigenvalue weighted by molar-refractivity contribution is 0.206. The summed E-state index contributed by atoms with van der Waals surface area (Å²) in [4.78, 5) is 7.62. The first-order valence-corrected chi connectivity index (χ1v) is 7.10. The van der Waals surface area contributed by atoms with Gasteiger partial charge in [0, 0.05) is 11.8 Å². The number of ether oxygens (including phenoxy) is 1. The number of benzene rings is 2. The van der Waals surface area contributed by atoms with Crippen molar-refractivity contribution in [2.75, 3.05) is 11.9 Å². The molecule has 4 rings (SSSR count). The molecule has 1 atom stereocenters. The molecular formula is C17H14FN3O. The number of para-hydroxylation sites is 2. The summed E-state index contributed by atoms with van der Waals surface area (Å²) in [6, 6.07) is 14.2. The molecule has 0 aliphatic carbocycles. The Morgan fingerprint density at radius 3 is 2.95 bits per heavy atom. The van der Waals surface area contributed by atoms with Gasteiger partial charge in [-0.15, -0.1) is 0 Å². The summed E-state index contributed by atoms with van der Waals surface area (Å²) in [6.45, 7) is 0.643. The monoisotopic (exact) mass is 295 g/mol. The molecule has 0 saturated heterocycles. The van der Waals surface area contributed by atoms with Crippen molar-refractivity contribution in [1.29, 1.82) is 0 Å². The highest BCUT2D eigenvalue weighted by atomic mass is 19.1. The van der Waals surface area contributed by atoms with E-state index in [-0.39, 0.29) is 11.9 Å². The molecule has 1 aliphatic heterocycles. The first-order valence-electron chi connectivity index (χ1n) is 7.10. The Balaban J connectivity index is 1.60. The molecule has 1 aliphatic rings. The third kappa shape index (κ3) is 2.30.